The normalized spacial score (nSPS) is 11.2. The highest BCUT2D eigenvalue weighted by molar-refractivity contribution is 6.34. The molecule has 0 aliphatic carbocycles. The number of aryl methyl sites for hydroxylation is 1. The molecule has 8 heteroatoms. The molecule has 0 aliphatic rings. The number of carbonyl (C=O) groups is 2. The second-order valence-corrected chi connectivity index (χ2v) is 11.2. The van der Waals surface area contributed by atoms with Crippen LogP contribution in [-0.2, 0) is 17.3 Å². The predicted molar refractivity (Wildman–Crippen MR) is 164 cm³/mol. The van der Waals surface area contributed by atoms with E-state index in [1.54, 1.807) is 37.5 Å². The highest BCUT2D eigenvalue weighted by Crippen LogP contribution is 2.31. The molecule has 1 heterocycles. The van der Waals surface area contributed by atoms with Crippen molar-refractivity contribution in [2.75, 3.05) is 16.0 Å². The number of nitrogens with one attached hydrogen (secondary N) is 3. The monoisotopic (exact) mass is 556 g/mol. The minimum Gasteiger partial charge on any atom is -0.351 e. The van der Waals surface area contributed by atoms with E-state index in [9.17, 15) is 14.4 Å². The van der Waals surface area contributed by atoms with Crippen molar-refractivity contribution in [3.05, 3.63) is 105 Å². The summed E-state index contributed by atoms with van der Waals surface area (Å²) < 4.78 is 1.51. The number of rotatable bonds is 6. The van der Waals surface area contributed by atoms with Gasteiger partial charge in [-0.25, -0.2) is 0 Å². The number of carbonyl (C=O) groups excluding carboxylic acids is 2. The number of halogens is 1. The van der Waals surface area contributed by atoms with Crippen LogP contribution in [0.25, 0.3) is 11.1 Å². The largest absolute Gasteiger partial charge is 0.351 e. The molecule has 0 bridgehead atoms. The van der Waals surface area contributed by atoms with Crippen LogP contribution in [-0.4, -0.2) is 16.4 Å². The Labute approximate surface area is 239 Å². The summed E-state index contributed by atoms with van der Waals surface area (Å²) in [6, 6.07) is 20.2. The van der Waals surface area contributed by atoms with E-state index in [1.165, 1.54) is 11.5 Å². The van der Waals surface area contributed by atoms with Crippen molar-refractivity contribution in [1.29, 1.82) is 0 Å². The molecule has 0 unspecified atom stereocenters. The Bertz CT molecular complexity index is 1650. The Morgan fingerprint density at radius 3 is 2.20 bits per heavy atom. The van der Waals surface area contributed by atoms with E-state index in [4.69, 9.17) is 11.6 Å². The molecule has 3 N–H and O–H groups in total. The maximum atomic E-state index is 13.0. The second-order valence-electron chi connectivity index (χ2n) is 10.8. The molecule has 0 spiro atoms. The Hall–Kier alpha value is -4.36. The number of pyridine rings is 1. The molecule has 3 aromatic carbocycles. The summed E-state index contributed by atoms with van der Waals surface area (Å²) in [4.78, 5) is 37.4. The first kappa shape index (κ1) is 28.6. The Morgan fingerprint density at radius 1 is 0.875 bits per heavy atom. The average molecular weight is 557 g/mol. The highest BCUT2D eigenvalue weighted by Gasteiger charge is 2.16. The quantitative estimate of drug-likeness (QED) is 0.233. The first-order valence-electron chi connectivity index (χ1n) is 12.9. The summed E-state index contributed by atoms with van der Waals surface area (Å²) in [7, 11) is 1.69. The number of amides is 2. The predicted octanol–water partition coefficient (Wildman–Crippen LogP) is 7.27. The maximum absolute atomic E-state index is 13.0. The Morgan fingerprint density at radius 2 is 1.57 bits per heavy atom. The lowest BCUT2D eigenvalue weighted by Crippen LogP contribution is -2.19. The molecule has 0 saturated heterocycles. The van der Waals surface area contributed by atoms with E-state index in [0.29, 0.717) is 33.3 Å². The maximum Gasteiger partial charge on any atom is 0.274 e. The van der Waals surface area contributed by atoms with Gasteiger partial charge in [-0.3, -0.25) is 14.4 Å². The van der Waals surface area contributed by atoms with Crippen LogP contribution in [0.1, 0.15) is 49.2 Å². The molecule has 0 fully saturated rings. The van der Waals surface area contributed by atoms with Gasteiger partial charge in [0.2, 0.25) is 5.91 Å². The molecule has 0 saturated carbocycles. The fourth-order valence-corrected chi connectivity index (χ4v) is 4.62. The number of benzene rings is 3. The Balaban J connectivity index is 1.61. The molecule has 4 rings (SSSR count). The molecule has 0 aliphatic heterocycles. The van der Waals surface area contributed by atoms with Crippen molar-refractivity contribution < 1.29 is 9.59 Å². The van der Waals surface area contributed by atoms with Gasteiger partial charge in [0.15, 0.2) is 0 Å². The van der Waals surface area contributed by atoms with Crippen LogP contribution < -0.4 is 21.5 Å². The van der Waals surface area contributed by atoms with E-state index >= 15 is 0 Å². The third-order valence-corrected chi connectivity index (χ3v) is 6.96. The van der Waals surface area contributed by atoms with Gasteiger partial charge in [-0.05, 0) is 71.5 Å². The Kier molecular flexibility index (Phi) is 8.16. The lowest BCUT2D eigenvalue weighted by Gasteiger charge is -2.19. The van der Waals surface area contributed by atoms with E-state index in [2.05, 4.69) is 36.7 Å². The summed E-state index contributed by atoms with van der Waals surface area (Å²) >= 11 is 6.32. The third kappa shape index (κ3) is 6.43. The van der Waals surface area contributed by atoms with Gasteiger partial charge >= 0.3 is 0 Å². The highest BCUT2D eigenvalue weighted by atomic mass is 35.5. The number of aromatic nitrogens is 1. The van der Waals surface area contributed by atoms with Crippen molar-refractivity contribution in [1.82, 2.24) is 4.57 Å². The smallest absolute Gasteiger partial charge is 0.274 e. The number of hydrogen-bond acceptors (Lipinski definition) is 4. The standard InChI is InChI=1S/C32H33ClN4O3/c1-19-25(8-7-9-27(19)36-30(39)21-10-12-23(13-11-21)32(3,4)5)22-16-29(31(40)37(6)18-22)35-24-14-15-28(26(33)17-24)34-20(2)38/h7-18,35H,1-6H3,(H,34,38)(H,36,39). The van der Waals surface area contributed by atoms with Gasteiger partial charge in [0.25, 0.3) is 11.5 Å². The molecule has 40 heavy (non-hydrogen) atoms. The van der Waals surface area contributed by atoms with Crippen LogP contribution in [0.2, 0.25) is 5.02 Å². The first-order chi connectivity index (χ1) is 18.8. The van der Waals surface area contributed by atoms with E-state index in [1.807, 2.05) is 49.4 Å². The van der Waals surface area contributed by atoms with Crippen molar-refractivity contribution in [2.45, 2.75) is 40.0 Å². The fraction of sp³-hybridized carbons (Fsp3) is 0.219. The minimum absolute atomic E-state index is 0.00578. The van der Waals surface area contributed by atoms with Crippen LogP contribution in [0.3, 0.4) is 0 Å². The van der Waals surface area contributed by atoms with Gasteiger partial charge in [-0.2, -0.15) is 0 Å². The third-order valence-electron chi connectivity index (χ3n) is 6.65. The zero-order valence-electron chi connectivity index (χ0n) is 23.5. The van der Waals surface area contributed by atoms with Gasteiger partial charge < -0.3 is 20.5 Å². The summed E-state index contributed by atoms with van der Waals surface area (Å²) in [5, 5.41) is 9.19. The summed E-state index contributed by atoms with van der Waals surface area (Å²) in [6.45, 7) is 9.75. The fourth-order valence-electron chi connectivity index (χ4n) is 4.39. The molecule has 206 valence electrons. The van der Waals surface area contributed by atoms with Crippen LogP contribution in [0.15, 0.2) is 77.7 Å². The number of anilines is 4. The molecule has 2 amide bonds. The van der Waals surface area contributed by atoms with Crippen LogP contribution in [0.4, 0.5) is 22.7 Å². The van der Waals surface area contributed by atoms with Crippen LogP contribution in [0, 0.1) is 6.92 Å². The van der Waals surface area contributed by atoms with Crippen molar-refractivity contribution >= 4 is 46.2 Å². The van der Waals surface area contributed by atoms with Crippen molar-refractivity contribution in [3.63, 3.8) is 0 Å². The molecule has 0 atom stereocenters. The lowest BCUT2D eigenvalue weighted by atomic mass is 9.86. The number of hydrogen-bond donors (Lipinski definition) is 3. The summed E-state index contributed by atoms with van der Waals surface area (Å²) in [5.74, 6) is -0.417. The van der Waals surface area contributed by atoms with E-state index in [0.717, 1.165) is 22.3 Å². The second kappa shape index (κ2) is 11.4. The molecule has 0 radical (unpaired) electrons. The molecular formula is C32H33ClN4O3. The van der Waals surface area contributed by atoms with Gasteiger partial charge in [0.05, 0.1) is 10.7 Å². The van der Waals surface area contributed by atoms with Crippen molar-refractivity contribution in [2.24, 2.45) is 7.05 Å². The van der Waals surface area contributed by atoms with Gasteiger partial charge in [-0.15, -0.1) is 0 Å². The topological polar surface area (TPSA) is 92.2 Å². The molecular weight excluding hydrogens is 524 g/mol. The molecule has 4 aromatic rings. The zero-order chi connectivity index (χ0) is 29.2. The van der Waals surface area contributed by atoms with Crippen LogP contribution in [0.5, 0.6) is 0 Å². The molecule has 7 nitrogen and oxygen atoms in total. The van der Waals surface area contributed by atoms with Crippen LogP contribution >= 0.6 is 11.6 Å². The zero-order valence-corrected chi connectivity index (χ0v) is 24.2. The van der Waals surface area contributed by atoms with E-state index in [-0.39, 0.29) is 22.8 Å². The number of nitrogens with zero attached hydrogens (tertiary/aromatic N) is 1. The van der Waals surface area contributed by atoms with Gasteiger partial charge in [-0.1, -0.05) is 56.6 Å². The van der Waals surface area contributed by atoms with E-state index < -0.39 is 0 Å². The van der Waals surface area contributed by atoms with Gasteiger partial charge in [0, 0.05) is 42.7 Å². The summed E-state index contributed by atoms with van der Waals surface area (Å²) in [5.41, 5.74) is 6.20. The first-order valence-corrected chi connectivity index (χ1v) is 13.3. The summed E-state index contributed by atoms with van der Waals surface area (Å²) in [6.07, 6.45) is 1.76. The average Bonchev–Trinajstić information content (AvgIpc) is 2.89. The van der Waals surface area contributed by atoms with Crippen molar-refractivity contribution in [3.8, 4) is 11.1 Å². The molecule has 1 aromatic heterocycles. The lowest BCUT2D eigenvalue weighted by molar-refractivity contribution is -0.114. The minimum atomic E-state index is -0.226. The SMILES string of the molecule is CC(=O)Nc1ccc(Nc2cc(-c3cccc(NC(=O)c4ccc(C(C)(C)C)cc4)c3C)cn(C)c2=O)cc1Cl. The van der Waals surface area contributed by atoms with Gasteiger partial charge in [0.1, 0.15) is 5.69 Å².